The molecule has 9 nitrogen and oxygen atoms in total. The van der Waals surface area contributed by atoms with Crippen LogP contribution in [0.25, 0.3) is 0 Å². The Morgan fingerprint density at radius 3 is 2.83 bits per heavy atom. The van der Waals surface area contributed by atoms with Crippen LogP contribution in [-0.2, 0) is 20.9 Å². The Balaban J connectivity index is 1.39. The molecule has 2 N–H and O–H groups in total. The predicted octanol–water partition coefficient (Wildman–Crippen LogP) is 0.333. The number of ether oxygens (including phenoxy) is 1. The van der Waals surface area contributed by atoms with E-state index in [2.05, 4.69) is 15.7 Å². The maximum absolute atomic E-state index is 11.8. The molecule has 1 atom stereocenters. The SMILES string of the molecule is O=C(NCCN1C(=O)CCC1=O)Nc1cnn(CC2CCCO2)c1. The van der Waals surface area contributed by atoms with Crippen LogP contribution in [0.1, 0.15) is 25.7 Å². The molecular formula is C15H21N5O4. The van der Waals surface area contributed by atoms with Gasteiger partial charge in [-0.15, -0.1) is 0 Å². The first-order valence-corrected chi connectivity index (χ1v) is 8.14. The maximum atomic E-state index is 11.8. The van der Waals surface area contributed by atoms with Gasteiger partial charge in [-0.3, -0.25) is 19.2 Å². The van der Waals surface area contributed by atoms with Gasteiger partial charge in [0.2, 0.25) is 11.8 Å². The molecule has 2 saturated heterocycles. The predicted molar refractivity (Wildman–Crippen MR) is 84.2 cm³/mol. The van der Waals surface area contributed by atoms with E-state index < -0.39 is 6.03 Å². The zero-order chi connectivity index (χ0) is 16.9. The molecule has 0 radical (unpaired) electrons. The number of carbonyl (C=O) groups excluding carboxylic acids is 3. The van der Waals surface area contributed by atoms with Crippen molar-refractivity contribution in [2.24, 2.45) is 0 Å². The molecular weight excluding hydrogens is 314 g/mol. The molecule has 1 aromatic heterocycles. The average Bonchev–Trinajstić information content (AvgIpc) is 3.27. The van der Waals surface area contributed by atoms with Crippen LogP contribution in [0.3, 0.4) is 0 Å². The van der Waals surface area contributed by atoms with Gasteiger partial charge in [-0.05, 0) is 12.8 Å². The summed E-state index contributed by atoms with van der Waals surface area (Å²) in [6.07, 6.45) is 6.11. The van der Waals surface area contributed by atoms with E-state index in [1.165, 1.54) is 4.90 Å². The van der Waals surface area contributed by atoms with Crippen LogP contribution >= 0.6 is 0 Å². The fraction of sp³-hybridized carbons (Fsp3) is 0.600. The lowest BCUT2D eigenvalue weighted by atomic mass is 10.2. The van der Waals surface area contributed by atoms with Gasteiger partial charge < -0.3 is 15.4 Å². The van der Waals surface area contributed by atoms with Gasteiger partial charge in [-0.1, -0.05) is 0 Å². The van der Waals surface area contributed by atoms with Gasteiger partial charge in [0.25, 0.3) is 0 Å². The highest BCUT2D eigenvalue weighted by molar-refractivity contribution is 6.02. The van der Waals surface area contributed by atoms with Crippen molar-refractivity contribution in [2.75, 3.05) is 25.0 Å². The lowest BCUT2D eigenvalue weighted by Crippen LogP contribution is -2.39. The number of anilines is 1. The molecule has 1 unspecified atom stereocenters. The van der Waals surface area contributed by atoms with Crippen molar-refractivity contribution in [1.29, 1.82) is 0 Å². The second-order valence-corrected chi connectivity index (χ2v) is 5.91. The van der Waals surface area contributed by atoms with Crippen LogP contribution in [0.5, 0.6) is 0 Å². The molecule has 2 aliphatic heterocycles. The van der Waals surface area contributed by atoms with E-state index in [4.69, 9.17) is 4.74 Å². The first kappa shape index (κ1) is 16.4. The Kier molecular flexibility index (Phi) is 5.09. The summed E-state index contributed by atoms with van der Waals surface area (Å²) in [4.78, 5) is 35.9. The van der Waals surface area contributed by atoms with Crippen molar-refractivity contribution >= 4 is 23.5 Å². The summed E-state index contributed by atoms with van der Waals surface area (Å²) in [5.74, 6) is -0.366. The first-order chi connectivity index (χ1) is 11.6. The summed E-state index contributed by atoms with van der Waals surface area (Å²) in [5, 5.41) is 9.49. The van der Waals surface area contributed by atoms with Crippen molar-refractivity contribution in [1.82, 2.24) is 20.0 Å². The summed E-state index contributed by atoms with van der Waals surface area (Å²) in [6.45, 7) is 1.88. The number of urea groups is 1. The monoisotopic (exact) mass is 335 g/mol. The third-order valence-corrected chi connectivity index (χ3v) is 4.08. The standard InChI is InChI=1S/C15H21N5O4/c21-13-3-4-14(22)20(13)6-5-16-15(23)18-11-8-17-19(9-11)10-12-2-1-7-24-12/h8-9,12H,1-7,10H2,(H2,16,18,23). The third-order valence-electron chi connectivity index (χ3n) is 4.08. The summed E-state index contributed by atoms with van der Waals surface area (Å²) in [6, 6.07) is -0.397. The zero-order valence-electron chi connectivity index (χ0n) is 13.4. The second kappa shape index (κ2) is 7.43. The van der Waals surface area contributed by atoms with Gasteiger partial charge in [0, 0.05) is 38.7 Å². The van der Waals surface area contributed by atoms with Crippen molar-refractivity contribution in [3.05, 3.63) is 12.4 Å². The lowest BCUT2D eigenvalue weighted by Gasteiger charge is -2.14. The zero-order valence-corrected chi connectivity index (χ0v) is 13.4. The molecule has 4 amide bonds. The number of hydrogen-bond acceptors (Lipinski definition) is 5. The highest BCUT2D eigenvalue weighted by atomic mass is 16.5. The van der Waals surface area contributed by atoms with Crippen LogP contribution in [0.15, 0.2) is 12.4 Å². The molecule has 130 valence electrons. The molecule has 0 aliphatic carbocycles. The van der Waals surface area contributed by atoms with Crippen molar-refractivity contribution in [3.63, 3.8) is 0 Å². The van der Waals surface area contributed by atoms with Gasteiger partial charge in [0.15, 0.2) is 0 Å². The number of imide groups is 1. The molecule has 9 heteroatoms. The summed E-state index contributed by atoms with van der Waals surface area (Å²) < 4.78 is 7.29. The summed E-state index contributed by atoms with van der Waals surface area (Å²) in [7, 11) is 0. The van der Waals surface area contributed by atoms with Crippen LogP contribution in [-0.4, -0.2) is 58.3 Å². The average molecular weight is 335 g/mol. The maximum Gasteiger partial charge on any atom is 0.319 e. The van der Waals surface area contributed by atoms with Crippen molar-refractivity contribution in [3.8, 4) is 0 Å². The molecule has 1 aromatic rings. The van der Waals surface area contributed by atoms with Crippen molar-refractivity contribution < 1.29 is 19.1 Å². The third kappa shape index (κ3) is 4.10. The number of aromatic nitrogens is 2. The van der Waals surface area contributed by atoms with E-state index in [1.807, 2.05) is 0 Å². The van der Waals surface area contributed by atoms with Crippen LogP contribution < -0.4 is 10.6 Å². The van der Waals surface area contributed by atoms with Gasteiger partial charge in [0.05, 0.1) is 24.5 Å². The van der Waals surface area contributed by atoms with Crippen molar-refractivity contribution in [2.45, 2.75) is 38.3 Å². The van der Waals surface area contributed by atoms with Gasteiger partial charge in [-0.25, -0.2) is 4.79 Å². The Bertz CT molecular complexity index is 607. The van der Waals surface area contributed by atoms with E-state index in [0.29, 0.717) is 12.2 Å². The molecule has 3 rings (SSSR count). The Morgan fingerprint density at radius 2 is 2.12 bits per heavy atom. The minimum atomic E-state index is -0.397. The molecule has 2 fully saturated rings. The smallest absolute Gasteiger partial charge is 0.319 e. The molecule has 24 heavy (non-hydrogen) atoms. The summed E-state index contributed by atoms with van der Waals surface area (Å²) in [5.41, 5.74) is 0.582. The number of rotatable bonds is 6. The number of nitrogens with one attached hydrogen (secondary N) is 2. The summed E-state index contributed by atoms with van der Waals surface area (Å²) >= 11 is 0. The second-order valence-electron chi connectivity index (χ2n) is 5.91. The Labute approximate surface area is 139 Å². The number of nitrogens with zero attached hydrogens (tertiary/aromatic N) is 3. The fourth-order valence-corrected chi connectivity index (χ4v) is 2.85. The van der Waals surface area contributed by atoms with Gasteiger partial charge in [-0.2, -0.15) is 5.10 Å². The molecule has 0 spiro atoms. The highest BCUT2D eigenvalue weighted by Gasteiger charge is 2.28. The number of amides is 4. The van der Waals surface area contributed by atoms with E-state index in [0.717, 1.165) is 19.4 Å². The normalized spacial score (nSPS) is 20.7. The molecule has 0 aromatic carbocycles. The van der Waals surface area contributed by atoms with Gasteiger partial charge in [0.1, 0.15) is 0 Å². The van der Waals surface area contributed by atoms with Gasteiger partial charge >= 0.3 is 6.03 Å². The lowest BCUT2D eigenvalue weighted by molar-refractivity contribution is -0.138. The number of carbonyl (C=O) groups is 3. The quantitative estimate of drug-likeness (QED) is 0.729. The largest absolute Gasteiger partial charge is 0.376 e. The molecule has 0 bridgehead atoms. The van der Waals surface area contributed by atoms with Crippen LogP contribution in [0.4, 0.5) is 10.5 Å². The molecule has 0 saturated carbocycles. The topological polar surface area (TPSA) is 106 Å². The number of likely N-dealkylation sites (tertiary alicyclic amines) is 1. The number of hydrogen-bond donors (Lipinski definition) is 2. The highest BCUT2D eigenvalue weighted by Crippen LogP contribution is 2.15. The minimum absolute atomic E-state index is 0.183. The molecule has 2 aliphatic rings. The first-order valence-electron chi connectivity index (χ1n) is 8.14. The van der Waals surface area contributed by atoms with Crippen LogP contribution in [0.2, 0.25) is 0 Å². The van der Waals surface area contributed by atoms with E-state index >= 15 is 0 Å². The molecule has 3 heterocycles. The van der Waals surface area contributed by atoms with E-state index in [9.17, 15) is 14.4 Å². The minimum Gasteiger partial charge on any atom is -0.376 e. The van der Waals surface area contributed by atoms with Crippen LogP contribution in [0, 0.1) is 0 Å². The van der Waals surface area contributed by atoms with E-state index in [1.54, 1.807) is 17.1 Å². The Morgan fingerprint density at radius 1 is 1.33 bits per heavy atom. The van der Waals surface area contributed by atoms with E-state index in [-0.39, 0.29) is 43.8 Å². The Hall–Kier alpha value is -2.42. The fourth-order valence-electron chi connectivity index (χ4n) is 2.85.